The van der Waals surface area contributed by atoms with Crippen LogP contribution in [0.3, 0.4) is 0 Å². The molecule has 2 atom stereocenters. The maximum atomic E-state index is 14.2. The summed E-state index contributed by atoms with van der Waals surface area (Å²) in [6.45, 7) is 0. The van der Waals surface area contributed by atoms with Crippen LogP contribution in [0.15, 0.2) is 24.8 Å². The van der Waals surface area contributed by atoms with Gasteiger partial charge >= 0.3 is 0 Å². The van der Waals surface area contributed by atoms with Gasteiger partial charge in [0.2, 0.25) is 5.91 Å². The molecule has 4 aromatic rings. The van der Waals surface area contributed by atoms with Gasteiger partial charge in [0.1, 0.15) is 11.7 Å². The highest BCUT2D eigenvalue weighted by atomic mass is 35.5. The Balaban J connectivity index is 1.58. The lowest BCUT2D eigenvalue weighted by atomic mass is 10.1. The molecule has 142 valence electrons. The van der Waals surface area contributed by atoms with E-state index in [0.29, 0.717) is 5.65 Å². The molecular weight excluding hydrogens is 397 g/mol. The molecule has 0 aliphatic heterocycles. The zero-order valence-electron chi connectivity index (χ0n) is 13.9. The average Bonchev–Trinajstić information content (AvgIpc) is 3.06. The van der Waals surface area contributed by atoms with E-state index in [1.807, 2.05) is 0 Å². The molecule has 28 heavy (non-hydrogen) atoms. The number of nitrogens with one attached hydrogen (secondary N) is 2. The second-order valence-corrected chi connectivity index (χ2v) is 6.87. The number of carbonyl (C=O) groups is 1. The topological polar surface area (TPSA) is 88.0 Å². The van der Waals surface area contributed by atoms with Gasteiger partial charge in [0.25, 0.3) is 0 Å². The number of benzene rings is 1. The molecule has 3 aromatic heterocycles. The van der Waals surface area contributed by atoms with Crippen molar-refractivity contribution in [2.75, 3.05) is 5.32 Å². The van der Waals surface area contributed by atoms with Crippen LogP contribution in [-0.4, -0.2) is 36.6 Å². The zero-order valence-corrected chi connectivity index (χ0v) is 14.6. The Morgan fingerprint density at radius 2 is 2.07 bits per heavy atom. The molecule has 1 fully saturated rings. The van der Waals surface area contributed by atoms with Crippen LogP contribution in [0.4, 0.5) is 19.0 Å². The van der Waals surface area contributed by atoms with Gasteiger partial charge in [-0.05, 0) is 6.42 Å². The zero-order chi connectivity index (χ0) is 19.6. The van der Waals surface area contributed by atoms with Gasteiger partial charge in [0.05, 0.1) is 35.2 Å². The molecule has 0 spiro atoms. The van der Waals surface area contributed by atoms with E-state index in [2.05, 4.69) is 25.5 Å². The Morgan fingerprint density at radius 3 is 2.82 bits per heavy atom. The first kappa shape index (κ1) is 17.0. The number of hydrogen-bond donors (Lipinski definition) is 2. The fourth-order valence-corrected chi connectivity index (χ4v) is 3.35. The predicted molar refractivity (Wildman–Crippen MR) is 94.6 cm³/mol. The maximum Gasteiger partial charge on any atom is 0.231 e. The standard InChI is InChI=1S/C17H10ClF3N6O/c18-13-12(7-2-23-26-16(7)15(21)14(13)20)9-4-27-5-10(24-11(27)3-22-9)25-17(28)6-1-8(6)19/h2-6,8H,1H2,(H,23,26)(H,25,28)/t6-,8+/m1/s1. The van der Waals surface area contributed by atoms with E-state index < -0.39 is 34.7 Å². The summed E-state index contributed by atoms with van der Waals surface area (Å²) in [5, 5.41) is 8.54. The summed E-state index contributed by atoms with van der Waals surface area (Å²) in [7, 11) is 0. The first-order valence-corrected chi connectivity index (χ1v) is 8.61. The molecule has 0 saturated heterocycles. The Bertz CT molecular complexity index is 1270. The summed E-state index contributed by atoms with van der Waals surface area (Å²) in [5.41, 5.74) is 0.698. The van der Waals surface area contributed by atoms with Gasteiger partial charge in [0, 0.05) is 17.1 Å². The summed E-state index contributed by atoms with van der Waals surface area (Å²) in [6, 6.07) is 0. The molecule has 5 rings (SSSR count). The van der Waals surface area contributed by atoms with Crippen LogP contribution in [0.5, 0.6) is 0 Å². The maximum absolute atomic E-state index is 14.2. The molecule has 1 amide bonds. The number of nitrogens with zero attached hydrogens (tertiary/aromatic N) is 4. The molecule has 0 unspecified atom stereocenters. The molecule has 0 radical (unpaired) electrons. The molecule has 1 aromatic carbocycles. The number of aromatic amines is 1. The third-order valence-corrected chi connectivity index (χ3v) is 4.99. The van der Waals surface area contributed by atoms with Gasteiger partial charge in [-0.15, -0.1) is 0 Å². The molecule has 7 nitrogen and oxygen atoms in total. The fourth-order valence-electron chi connectivity index (χ4n) is 3.07. The molecule has 1 aliphatic rings. The van der Waals surface area contributed by atoms with Crippen LogP contribution < -0.4 is 5.32 Å². The molecule has 2 N–H and O–H groups in total. The lowest BCUT2D eigenvalue weighted by molar-refractivity contribution is -0.117. The second kappa shape index (κ2) is 5.93. The van der Waals surface area contributed by atoms with Gasteiger partial charge < -0.3 is 9.72 Å². The van der Waals surface area contributed by atoms with Gasteiger partial charge in [-0.25, -0.2) is 18.2 Å². The fraction of sp³-hybridized carbons (Fsp3) is 0.176. The van der Waals surface area contributed by atoms with E-state index >= 15 is 0 Å². The first-order valence-electron chi connectivity index (χ1n) is 8.23. The largest absolute Gasteiger partial charge is 0.309 e. The van der Waals surface area contributed by atoms with Gasteiger partial charge in [-0.3, -0.25) is 14.9 Å². The smallest absolute Gasteiger partial charge is 0.231 e. The van der Waals surface area contributed by atoms with Crippen LogP contribution in [-0.2, 0) is 4.79 Å². The Morgan fingerprint density at radius 1 is 1.29 bits per heavy atom. The van der Waals surface area contributed by atoms with E-state index in [1.165, 1.54) is 24.8 Å². The van der Waals surface area contributed by atoms with E-state index in [-0.39, 0.29) is 34.4 Å². The predicted octanol–water partition coefficient (Wildman–Crippen LogP) is 3.50. The lowest BCUT2D eigenvalue weighted by Crippen LogP contribution is -2.15. The SMILES string of the molecule is O=C(Nc1cn2cc(-c3c(Cl)c(F)c(F)c4[nH]ncc34)ncc2n1)[C@@H]1C[C@@H]1F. The summed E-state index contributed by atoms with van der Waals surface area (Å²) in [5.74, 6) is -3.19. The number of fused-ring (bicyclic) bond motifs is 2. The number of carbonyl (C=O) groups excluding carboxylic acids is 1. The highest BCUT2D eigenvalue weighted by Crippen LogP contribution is 2.38. The van der Waals surface area contributed by atoms with E-state index in [1.54, 1.807) is 4.40 Å². The highest BCUT2D eigenvalue weighted by molar-refractivity contribution is 6.35. The van der Waals surface area contributed by atoms with E-state index in [0.717, 1.165) is 0 Å². The second-order valence-electron chi connectivity index (χ2n) is 6.49. The number of imidazole rings is 1. The van der Waals surface area contributed by atoms with E-state index in [4.69, 9.17) is 11.6 Å². The monoisotopic (exact) mass is 406 g/mol. The van der Waals surface area contributed by atoms with Gasteiger partial charge in [-0.1, -0.05) is 11.6 Å². The minimum Gasteiger partial charge on any atom is -0.309 e. The van der Waals surface area contributed by atoms with Crippen LogP contribution in [0, 0.1) is 17.6 Å². The van der Waals surface area contributed by atoms with Crippen molar-refractivity contribution in [3.05, 3.63) is 41.4 Å². The highest BCUT2D eigenvalue weighted by Gasteiger charge is 2.43. The molecule has 0 bridgehead atoms. The van der Waals surface area contributed by atoms with Crippen molar-refractivity contribution in [2.24, 2.45) is 5.92 Å². The first-order chi connectivity index (χ1) is 13.4. The van der Waals surface area contributed by atoms with Crippen molar-refractivity contribution < 1.29 is 18.0 Å². The third-order valence-electron chi connectivity index (χ3n) is 4.63. The number of halogens is 4. The number of rotatable bonds is 3. The molecule has 3 heterocycles. The van der Waals surface area contributed by atoms with Crippen molar-refractivity contribution in [3.63, 3.8) is 0 Å². The lowest BCUT2D eigenvalue weighted by Gasteiger charge is -2.08. The Labute approximate surface area is 159 Å². The summed E-state index contributed by atoms with van der Waals surface area (Å²) >= 11 is 6.04. The van der Waals surface area contributed by atoms with Crippen molar-refractivity contribution in [2.45, 2.75) is 12.6 Å². The number of aromatic nitrogens is 5. The third kappa shape index (κ3) is 2.52. The van der Waals surface area contributed by atoms with Crippen molar-refractivity contribution in [3.8, 4) is 11.3 Å². The van der Waals surface area contributed by atoms with Crippen LogP contribution in [0.1, 0.15) is 6.42 Å². The number of anilines is 1. The summed E-state index contributed by atoms with van der Waals surface area (Å²) in [6.07, 6.45) is 4.84. The number of hydrogen-bond acceptors (Lipinski definition) is 4. The van der Waals surface area contributed by atoms with Crippen LogP contribution in [0.25, 0.3) is 27.8 Å². The van der Waals surface area contributed by atoms with Crippen molar-refractivity contribution in [1.29, 1.82) is 0 Å². The summed E-state index contributed by atoms with van der Waals surface area (Å²) < 4.78 is 42.8. The average molecular weight is 407 g/mol. The quantitative estimate of drug-likeness (QED) is 0.510. The van der Waals surface area contributed by atoms with Crippen molar-refractivity contribution in [1.82, 2.24) is 24.6 Å². The molecule has 1 saturated carbocycles. The Kier molecular flexibility index (Phi) is 3.60. The molecular formula is C17H10ClF3N6O. The minimum atomic E-state index is -1.21. The van der Waals surface area contributed by atoms with Gasteiger partial charge in [-0.2, -0.15) is 5.10 Å². The summed E-state index contributed by atoms with van der Waals surface area (Å²) in [4.78, 5) is 20.3. The molecule has 1 aliphatic carbocycles. The number of alkyl halides is 1. The number of amides is 1. The van der Waals surface area contributed by atoms with Crippen LogP contribution in [0.2, 0.25) is 5.02 Å². The molecule has 11 heteroatoms. The van der Waals surface area contributed by atoms with Crippen LogP contribution >= 0.6 is 11.6 Å². The minimum absolute atomic E-state index is 0.123. The Hall–Kier alpha value is -3.14. The van der Waals surface area contributed by atoms with Gasteiger partial charge in [0.15, 0.2) is 23.1 Å². The van der Waals surface area contributed by atoms with Crippen molar-refractivity contribution >= 4 is 39.9 Å². The normalized spacial score (nSPS) is 18.7. The van der Waals surface area contributed by atoms with E-state index in [9.17, 15) is 18.0 Å². The number of H-pyrrole nitrogens is 1.